The Balaban J connectivity index is 1.88. The molecule has 1 atom stereocenters. The molecule has 1 amide bonds. The largest absolute Gasteiger partial charge is 0.481 e. The maximum atomic E-state index is 12.1. The first-order chi connectivity index (χ1) is 8.56. The van der Waals surface area contributed by atoms with Gasteiger partial charge in [-0.25, -0.2) is 4.98 Å². The third-order valence-corrected chi connectivity index (χ3v) is 4.07. The van der Waals surface area contributed by atoms with Crippen molar-refractivity contribution in [1.29, 1.82) is 0 Å². The van der Waals surface area contributed by atoms with Gasteiger partial charge < -0.3 is 10.0 Å². The third kappa shape index (κ3) is 3.07. The minimum Gasteiger partial charge on any atom is -0.481 e. The Morgan fingerprint density at radius 3 is 3.00 bits per heavy atom. The van der Waals surface area contributed by atoms with E-state index in [0.29, 0.717) is 23.8 Å². The molecule has 0 bridgehead atoms. The van der Waals surface area contributed by atoms with Crippen LogP contribution in [0.15, 0.2) is 6.20 Å². The van der Waals surface area contributed by atoms with E-state index in [2.05, 4.69) is 4.98 Å². The maximum absolute atomic E-state index is 12.1. The molecule has 0 radical (unpaired) electrons. The molecule has 6 heteroatoms. The Kier molecular flexibility index (Phi) is 3.96. The molecule has 98 valence electrons. The van der Waals surface area contributed by atoms with Gasteiger partial charge in [0.1, 0.15) is 4.88 Å². The van der Waals surface area contributed by atoms with Crippen molar-refractivity contribution in [2.24, 2.45) is 5.92 Å². The number of amides is 1. The first-order valence-corrected chi connectivity index (χ1v) is 6.81. The second-order valence-corrected chi connectivity index (χ2v) is 5.82. The smallest absolute Gasteiger partial charge is 0.303 e. The number of hydrogen-bond acceptors (Lipinski definition) is 4. The summed E-state index contributed by atoms with van der Waals surface area (Å²) in [6, 6.07) is 0. The number of thiazole rings is 1. The van der Waals surface area contributed by atoms with Gasteiger partial charge in [-0.2, -0.15) is 0 Å². The number of hydrogen-bond donors (Lipinski definition) is 1. The predicted molar refractivity (Wildman–Crippen MR) is 67.7 cm³/mol. The molecule has 1 aliphatic heterocycles. The zero-order valence-corrected chi connectivity index (χ0v) is 11.1. The van der Waals surface area contributed by atoms with Gasteiger partial charge in [0, 0.05) is 19.5 Å². The first kappa shape index (κ1) is 13.0. The molecule has 1 unspecified atom stereocenters. The van der Waals surface area contributed by atoms with E-state index in [9.17, 15) is 9.59 Å². The summed E-state index contributed by atoms with van der Waals surface area (Å²) in [7, 11) is 0. The van der Waals surface area contributed by atoms with E-state index in [0.717, 1.165) is 18.0 Å². The van der Waals surface area contributed by atoms with Crippen molar-refractivity contribution in [3.63, 3.8) is 0 Å². The molecule has 2 rings (SSSR count). The van der Waals surface area contributed by atoms with E-state index < -0.39 is 5.97 Å². The summed E-state index contributed by atoms with van der Waals surface area (Å²) in [5.74, 6) is -0.421. The molecular formula is C12H16N2O3S. The van der Waals surface area contributed by atoms with Crippen LogP contribution in [0.2, 0.25) is 0 Å². The number of carbonyl (C=O) groups is 2. The topological polar surface area (TPSA) is 70.5 Å². The lowest BCUT2D eigenvalue weighted by atomic mass is 10.0. The number of carboxylic acid groups (broad SMARTS) is 1. The quantitative estimate of drug-likeness (QED) is 0.903. The lowest BCUT2D eigenvalue weighted by Gasteiger charge is -2.14. The number of carbonyl (C=O) groups excluding carboxylic acids is 1. The van der Waals surface area contributed by atoms with Crippen LogP contribution in [0.5, 0.6) is 0 Å². The van der Waals surface area contributed by atoms with Crippen molar-refractivity contribution in [2.75, 3.05) is 13.1 Å². The molecule has 0 spiro atoms. The number of aryl methyl sites for hydroxylation is 1. The molecule has 18 heavy (non-hydrogen) atoms. The van der Waals surface area contributed by atoms with Gasteiger partial charge in [0.15, 0.2) is 0 Å². The summed E-state index contributed by atoms with van der Waals surface area (Å²) >= 11 is 1.41. The van der Waals surface area contributed by atoms with Gasteiger partial charge in [-0.15, -0.1) is 11.3 Å². The van der Waals surface area contributed by atoms with Crippen LogP contribution in [-0.2, 0) is 4.79 Å². The number of nitrogens with zero attached hydrogens (tertiary/aromatic N) is 2. The van der Waals surface area contributed by atoms with Crippen molar-refractivity contribution in [3.8, 4) is 0 Å². The average Bonchev–Trinajstić information content (AvgIpc) is 2.94. The van der Waals surface area contributed by atoms with Crippen LogP contribution < -0.4 is 0 Å². The third-order valence-electron chi connectivity index (χ3n) is 3.17. The molecule has 1 aliphatic rings. The van der Waals surface area contributed by atoms with E-state index in [1.807, 2.05) is 6.92 Å². The number of aliphatic carboxylic acids is 1. The SMILES string of the molecule is Cc1ncc(C(=O)N2CCC(CCC(=O)O)C2)s1. The van der Waals surface area contributed by atoms with E-state index >= 15 is 0 Å². The molecule has 1 fully saturated rings. The first-order valence-electron chi connectivity index (χ1n) is 5.99. The van der Waals surface area contributed by atoms with E-state index in [1.165, 1.54) is 11.3 Å². The molecule has 2 heterocycles. The molecule has 1 aromatic heterocycles. The fourth-order valence-electron chi connectivity index (χ4n) is 2.20. The summed E-state index contributed by atoms with van der Waals surface area (Å²) in [5, 5.41) is 9.53. The highest BCUT2D eigenvalue weighted by Gasteiger charge is 2.27. The lowest BCUT2D eigenvalue weighted by Crippen LogP contribution is -2.28. The Morgan fingerprint density at radius 1 is 1.61 bits per heavy atom. The van der Waals surface area contributed by atoms with Crippen LogP contribution in [0.4, 0.5) is 0 Å². The number of likely N-dealkylation sites (tertiary alicyclic amines) is 1. The number of carboxylic acids is 1. The summed E-state index contributed by atoms with van der Waals surface area (Å²) in [4.78, 5) is 29.2. The molecule has 0 aliphatic carbocycles. The Labute approximate surface area is 109 Å². The Morgan fingerprint density at radius 2 is 2.39 bits per heavy atom. The Hall–Kier alpha value is -1.43. The van der Waals surface area contributed by atoms with Crippen LogP contribution in [0.3, 0.4) is 0 Å². The summed E-state index contributed by atoms with van der Waals surface area (Å²) in [6.45, 7) is 3.27. The number of aromatic nitrogens is 1. The molecule has 5 nitrogen and oxygen atoms in total. The van der Waals surface area contributed by atoms with Crippen LogP contribution in [0.25, 0.3) is 0 Å². The average molecular weight is 268 g/mol. The van der Waals surface area contributed by atoms with Gasteiger partial charge >= 0.3 is 5.97 Å². The van der Waals surface area contributed by atoms with Crippen molar-refractivity contribution >= 4 is 23.2 Å². The van der Waals surface area contributed by atoms with Gasteiger partial charge in [0.05, 0.1) is 11.2 Å². The predicted octanol–water partition coefficient (Wildman–Crippen LogP) is 1.78. The molecule has 0 saturated carbocycles. The fourth-order valence-corrected chi connectivity index (χ4v) is 2.94. The zero-order valence-electron chi connectivity index (χ0n) is 10.3. The van der Waals surface area contributed by atoms with Crippen molar-refractivity contribution in [1.82, 2.24) is 9.88 Å². The van der Waals surface area contributed by atoms with Crippen molar-refractivity contribution in [3.05, 3.63) is 16.1 Å². The molecule has 1 N–H and O–H groups in total. The fraction of sp³-hybridized carbons (Fsp3) is 0.583. The van der Waals surface area contributed by atoms with Gasteiger partial charge in [0.25, 0.3) is 5.91 Å². The molecule has 1 saturated heterocycles. The monoisotopic (exact) mass is 268 g/mol. The Bertz CT molecular complexity index is 458. The minimum atomic E-state index is -0.766. The summed E-state index contributed by atoms with van der Waals surface area (Å²) < 4.78 is 0. The van der Waals surface area contributed by atoms with E-state index in [1.54, 1.807) is 11.1 Å². The van der Waals surface area contributed by atoms with Gasteiger partial charge in [-0.3, -0.25) is 9.59 Å². The van der Waals surface area contributed by atoms with Crippen molar-refractivity contribution in [2.45, 2.75) is 26.2 Å². The van der Waals surface area contributed by atoms with E-state index in [4.69, 9.17) is 5.11 Å². The van der Waals surface area contributed by atoms with Crippen LogP contribution in [0, 0.1) is 12.8 Å². The summed E-state index contributed by atoms with van der Waals surface area (Å²) in [5.41, 5.74) is 0. The molecular weight excluding hydrogens is 252 g/mol. The zero-order chi connectivity index (χ0) is 13.1. The van der Waals surface area contributed by atoms with Gasteiger partial charge in [-0.1, -0.05) is 0 Å². The van der Waals surface area contributed by atoms with Crippen LogP contribution in [0.1, 0.15) is 33.9 Å². The second kappa shape index (κ2) is 5.48. The van der Waals surface area contributed by atoms with Crippen LogP contribution >= 0.6 is 11.3 Å². The van der Waals surface area contributed by atoms with Crippen LogP contribution in [-0.4, -0.2) is 40.0 Å². The highest BCUT2D eigenvalue weighted by molar-refractivity contribution is 7.13. The minimum absolute atomic E-state index is 0.0263. The standard InChI is InChI=1S/C12H16N2O3S/c1-8-13-6-10(18-8)12(17)14-5-4-9(7-14)2-3-11(15)16/h6,9H,2-5,7H2,1H3,(H,15,16). The maximum Gasteiger partial charge on any atom is 0.303 e. The normalized spacial score (nSPS) is 19.2. The van der Waals surface area contributed by atoms with Crippen molar-refractivity contribution < 1.29 is 14.7 Å². The summed E-state index contributed by atoms with van der Waals surface area (Å²) in [6.07, 6.45) is 3.36. The molecule has 0 aromatic carbocycles. The second-order valence-electron chi connectivity index (χ2n) is 4.58. The van der Waals surface area contributed by atoms with E-state index in [-0.39, 0.29) is 12.3 Å². The number of rotatable bonds is 4. The highest BCUT2D eigenvalue weighted by Crippen LogP contribution is 2.24. The highest BCUT2D eigenvalue weighted by atomic mass is 32.1. The van der Waals surface area contributed by atoms with Gasteiger partial charge in [0.2, 0.25) is 0 Å². The van der Waals surface area contributed by atoms with Gasteiger partial charge in [-0.05, 0) is 25.7 Å². The molecule has 1 aromatic rings. The lowest BCUT2D eigenvalue weighted by molar-refractivity contribution is -0.137.